The predicted molar refractivity (Wildman–Crippen MR) is 130 cm³/mol. The zero-order chi connectivity index (χ0) is 23.5. The maximum absolute atomic E-state index is 12.9. The van der Waals surface area contributed by atoms with Gasteiger partial charge in [0.1, 0.15) is 10.9 Å². The number of benzene rings is 2. The highest BCUT2D eigenvalue weighted by molar-refractivity contribution is 9.10. The molecule has 9 heteroatoms. The SMILES string of the molecule is CCOc1ccc2cc([C@@H]3CC(c4cccc(Br)c4)=NN3C(=O)CCC(=O)O)c(Cl)nc2c1. The number of fused-ring (bicyclic) bond motifs is 1. The van der Waals surface area contributed by atoms with Gasteiger partial charge in [0, 0.05) is 34.3 Å². The zero-order valence-corrected chi connectivity index (χ0v) is 20.1. The smallest absolute Gasteiger partial charge is 0.303 e. The normalized spacial score (nSPS) is 15.5. The highest BCUT2D eigenvalue weighted by atomic mass is 79.9. The predicted octanol–water partition coefficient (Wildman–Crippen LogP) is 5.59. The van der Waals surface area contributed by atoms with Gasteiger partial charge in [0.25, 0.3) is 0 Å². The van der Waals surface area contributed by atoms with Crippen LogP contribution < -0.4 is 4.74 Å². The highest BCUT2D eigenvalue weighted by Crippen LogP contribution is 2.38. The fraction of sp³-hybridized carbons (Fsp3) is 0.250. The molecule has 1 aliphatic heterocycles. The Bertz CT molecular complexity index is 1260. The minimum Gasteiger partial charge on any atom is -0.494 e. The third kappa shape index (κ3) is 5.17. The molecule has 0 radical (unpaired) electrons. The lowest BCUT2D eigenvalue weighted by atomic mass is 9.98. The van der Waals surface area contributed by atoms with Crippen molar-refractivity contribution in [1.29, 1.82) is 0 Å². The number of halogens is 2. The Morgan fingerprint density at radius 3 is 2.76 bits per heavy atom. The van der Waals surface area contributed by atoms with Crippen LogP contribution in [0, 0.1) is 0 Å². The maximum Gasteiger partial charge on any atom is 0.303 e. The van der Waals surface area contributed by atoms with Gasteiger partial charge >= 0.3 is 5.97 Å². The summed E-state index contributed by atoms with van der Waals surface area (Å²) in [6, 6.07) is 14.6. The van der Waals surface area contributed by atoms with Crippen LogP contribution in [0.25, 0.3) is 10.9 Å². The third-order valence-corrected chi connectivity index (χ3v) is 6.11. The van der Waals surface area contributed by atoms with Crippen LogP contribution in [0.4, 0.5) is 0 Å². The van der Waals surface area contributed by atoms with E-state index in [-0.39, 0.29) is 23.9 Å². The van der Waals surface area contributed by atoms with Crippen molar-refractivity contribution in [3.63, 3.8) is 0 Å². The molecule has 1 amide bonds. The van der Waals surface area contributed by atoms with E-state index in [2.05, 4.69) is 26.0 Å². The van der Waals surface area contributed by atoms with Crippen molar-refractivity contribution in [1.82, 2.24) is 9.99 Å². The Balaban J connectivity index is 1.72. The van der Waals surface area contributed by atoms with Gasteiger partial charge in [-0.2, -0.15) is 5.10 Å². The molecule has 33 heavy (non-hydrogen) atoms. The molecule has 0 saturated carbocycles. The second kappa shape index (κ2) is 9.89. The molecule has 0 spiro atoms. The number of nitrogens with zero attached hydrogens (tertiary/aromatic N) is 3. The van der Waals surface area contributed by atoms with Gasteiger partial charge in [-0.3, -0.25) is 9.59 Å². The van der Waals surface area contributed by atoms with Crippen molar-refractivity contribution in [2.75, 3.05) is 6.61 Å². The number of hydrogen-bond donors (Lipinski definition) is 1. The first-order valence-corrected chi connectivity index (χ1v) is 11.6. The highest BCUT2D eigenvalue weighted by Gasteiger charge is 2.35. The molecule has 0 fully saturated rings. The lowest BCUT2D eigenvalue weighted by Crippen LogP contribution is -2.27. The van der Waals surface area contributed by atoms with E-state index in [0.717, 1.165) is 15.4 Å². The molecule has 4 rings (SSSR count). The number of aliphatic carboxylic acids is 1. The Morgan fingerprint density at radius 2 is 2.03 bits per heavy atom. The van der Waals surface area contributed by atoms with Crippen LogP contribution >= 0.6 is 27.5 Å². The summed E-state index contributed by atoms with van der Waals surface area (Å²) >= 11 is 10.1. The number of hydrazone groups is 1. The Kier molecular flexibility index (Phi) is 6.95. The average molecular weight is 531 g/mol. The van der Waals surface area contributed by atoms with E-state index in [4.69, 9.17) is 21.4 Å². The van der Waals surface area contributed by atoms with Gasteiger partial charge in [0.2, 0.25) is 5.91 Å². The molecule has 2 heterocycles. The lowest BCUT2D eigenvalue weighted by Gasteiger charge is -2.23. The summed E-state index contributed by atoms with van der Waals surface area (Å²) in [6.45, 7) is 2.45. The van der Waals surface area contributed by atoms with Crippen LogP contribution in [0.1, 0.15) is 43.4 Å². The van der Waals surface area contributed by atoms with Crippen molar-refractivity contribution in [3.8, 4) is 5.75 Å². The van der Waals surface area contributed by atoms with E-state index in [1.54, 1.807) is 0 Å². The zero-order valence-electron chi connectivity index (χ0n) is 17.8. The number of pyridine rings is 1. The van der Waals surface area contributed by atoms with Gasteiger partial charge in [-0.1, -0.05) is 39.7 Å². The molecule has 1 aliphatic rings. The number of carboxylic acids is 1. The number of amides is 1. The topological polar surface area (TPSA) is 92.1 Å². The summed E-state index contributed by atoms with van der Waals surface area (Å²) in [7, 11) is 0. The van der Waals surface area contributed by atoms with Gasteiger partial charge in [-0.25, -0.2) is 9.99 Å². The summed E-state index contributed by atoms with van der Waals surface area (Å²) in [5.41, 5.74) is 2.93. The van der Waals surface area contributed by atoms with Gasteiger partial charge in [-0.15, -0.1) is 0 Å². The fourth-order valence-electron chi connectivity index (χ4n) is 3.78. The third-order valence-electron chi connectivity index (χ3n) is 5.32. The van der Waals surface area contributed by atoms with E-state index < -0.39 is 12.0 Å². The van der Waals surface area contributed by atoms with Crippen LogP contribution in [0.2, 0.25) is 5.15 Å². The second-order valence-electron chi connectivity index (χ2n) is 7.56. The standard InChI is InChI=1S/C24H21BrClN3O4/c1-2-33-17-7-6-15-11-18(24(26)27-19(15)12-17)21-13-20(14-4-3-5-16(25)10-14)28-29(21)22(30)8-9-23(31)32/h3-7,10-12,21H,2,8-9,13H2,1H3,(H,31,32)/t21-/m0/s1. The summed E-state index contributed by atoms with van der Waals surface area (Å²) in [5.74, 6) is -0.714. The van der Waals surface area contributed by atoms with Crippen LogP contribution in [-0.2, 0) is 9.59 Å². The monoisotopic (exact) mass is 529 g/mol. The molecule has 0 saturated heterocycles. The molecule has 0 unspecified atom stereocenters. The molecule has 1 atom stereocenters. The first-order valence-electron chi connectivity index (χ1n) is 10.5. The van der Waals surface area contributed by atoms with Crippen molar-refractivity contribution < 1.29 is 19.4 Å². The number of carbonyl (C=O) groups is 2. The van der Waals surface area contributed by atoms with Crippen LogP contribution in [-0.4, -0.2) is 39.3 Å². The van der Waals surface area contributed by atoms with E-state index in [9.17, 15) is 9.59 Å². The van der Waals surface area contributed by atoms with Gasteiger partial charge in [0.15, 0.2) is 0 Å². The number of carboxylic acid groups (broad SMARTS) is 1. The van der Waals surface area contributed by atoms with Crippen molar-refractivity contribution in [2.45, 2.75) is 32.2 Å². The van der Waals surface area contributed by atoms with Crippen molar-refractivity contribution in [3.05, 3.63) is 69.3 Å². The molecule has 3 aromatic rings. The van der Waals surface area contributed by atoms with Gasteiger partial charge in [-0.05, 0) is 42.8 Å². The minimum absolute atomic E-state index is 0.155. The number of rotatable bonds is 7. The van der Waals surface area contributed by atoms with E-state index in [1.807, 2.05) is 55.5 Å². The fourth-order valence-corrected chi connectivity index (χ4v) is 4.45. The van der Waals surface area contributed by atoms with E-state index >= 15 is 0 Å². The summed E-state index contributed by atoms with van der Waals surface area (Å²) in [6.07, 6.45) is 0.00431. The van der Waals surface area contributed by atoms with E-state index in [0.29, 0.717) is 35.6 Å². The summed E-state index contributed by atoms with van der Waals surface area (Å²) in [4.78, 5) is 28.5. The van der Waals surface area contributed by atoms with Gasteiger partial charge < -0.3 is 9.84 Å². The molecule has 1 aromatic heterocycles. The van der Waals surface area contributed by atoms with Crippen LogP contribution in [0.3, 0.4) is 0 Å². The average Bonchev–Trinajstić information content (AvgIpc) is 3.22. The number of ether oxygens (including phenoxy) is 1. The Hall–Kier alpha value is -2.97. The van der Waals surface area contributed by atoms with E-state index in [1.165, 1.54) is 5.01 Å². The molecular formula is C24H21BrClN3O4. The van der Waals surface area contributed by atoms with Crippen LogP contribution in [0.5, 0.6) is 5.75 Å². The molecule has 0 aliphatic carbocycles. The number of aromatic nitrogens is 1. The molecule has 2 aromatic carbocycles. The minimum atomic E-state index is -1.04. The number of hydrogen-bond acceptors (Lipinski definition) is 5. The largest absolute Gasteiger partial charge is 0.494 e. The lowest BCUT2D eigenvalue weighted by molar-refractivity contribution is -0.141. The quantitative estimate of drug-likeness (QED) is 0.402. The summed E-state index contributed by atoms with van der Waals surface area (Å²) in [5, 5.41) is 16.1. The molecule has 170 valence electrons. The first-order chi connectivity index (χ1) is 15.9. The molecule has 0 bridgehead atoms. The van der Waals surface area contributed by atoms with Crippen LogP contribution in [0.15, 0.2) is 58.1 Å². The molecular weight excluding hydrogens is 510 g/mol. The summed E-state index contributed by atoms with van der Waals surface area (Å²) < 4.78 is 6.44. The second-order valence-corrected chi connectivity index (χ2v) is 8.84. The molecule has 7 nitrogen and oxygen atoms in total. The first kappa shape index (κ1) is 23.2. The number of carbonyl (C=O) groups excluding carboxylic acids is 1. The Labute approximate surface area is 204 Å². The van der Waals surface area contributed by atoms with Gasteiger partial charge in [0.05, 0.1) is 30.3 Å². The molecule has 1 N–H and O–H groups in total. The van der Waals surface area contributed by atoms with Crippen molar-refractivity contribution in [2.24, 2.45) is 5.10 Å². The Morgan fingerprint density at radius 1 is 1.21 bits per heavy atom. The maximum atomic E-state index is 12.9. The van der Waals surface area contributed by atoms with Crippen molar-refractivity contribution >= 4 is 56.0 Å².